The van der Waals surface area contributed by atoms with Crippen molar-refractivity contribution in [2.24, 2.45) is 0 Å². The van der Waals surface area contributed by atoms with Crippen LogP contribution in [0.4, 0.5) is 11.4 Å². The number of hydrogen-bond donors (Lipinski definition) is 4. The van der Waals surface area contributed by atoms with E-state index < -0.39 is 0 Å². The van der Waals surface area contributed by atoms with Crippen molar-refractivity contribution in [3.05, 3.63) is 59.7 Å². The van der Waals surface area contributed by atoms with E-state index in [0.29, 0.717) is 42.0 Å². The first-order chi connectivity index (χ1) is 14.9. The Morgan fingerprint density at radius 2 is 1.10 bits per heavy atom. The van der Waals surface area contributed by atoms with E-state index >= 15 is 0 Å². The van der Waals surface area contributed by atoms with Gasteiger partial charge in [0, 0.05) is 48.4 Å². The van der Waals surface area contributed by atoms with Crippen LogP contribution < -0.4 is 21.3 Å². The van der Waals surface area contributed by atoms with Crippen molar-refractivity contribution in [3.63, 3.8) is 0 Å². The van der Waals surface area contributed by atoms with Crippen LogP contribution in [0.15, 0.2) is 48.5 Å². The van der Waals surface area contributed by atoms with Crippen LogP contribution in [0.5, 0.6) is 0 Å². The summed E-state index contributed by atoms with van der Waals surface area (Å²) in [7, 11) is 0. The molecule has 0 atom stereocenters. The maximum absolute atomic E-state index is 12.2. The average molecular weight is 425 g/mol. The van der Waals surface area contributed by atoms with Gasteiger partial charge in [0.1, 0.15) is 0 Å². The zero-order chi connectivity index (χ0) is 22.6. The first kappa shape index (κ1) is 23.6. The number of carbonyl (C=O) groups is 4. The van der Waals surface area contributed by atoms with Crippen LogP contribution in [-0.4, -0.2) is 36.7 Å². The molecule has 0 bridgehead atoms. The number of anilines is 2. The van der Waals surface area contributed by atoms with E-state index in [1.165, 1.54) is 0 Å². The van der Waals surface area contributed by atoms with Crippen LogP contribution in [0, 0.1) is 0 Å². The van der Waals surface area contributed by atoms with Crippen molar-refractivity contribution in [1.82, 2.24) is 10.6 Å². The summed E-state index contributed by atoms with van der Waals surface area (Å²) in [5.41, 5.74) is 1.99. The van der Waals surface area contributed by atoms with Gasteiger partial charge < -0.3 is 21.3 Å². The zero-order valence-corrected chi connectivity index (χ0v) is 17.8. The van der Waals surface area contributed by atoms with Gasteiger partial charge in [-0.15, -0.1) is 0 Å². The van der Waals surface area contributed by atoms with E-state index in [2.05, 4.69) is 21.3 Å². The molecular formula is C23H28N4O4. The smallest absolute Gasteiger partial charge is 0.251 e. The van der Waals surface area contributed by atoms with Crippen molar-refractivity contribution >= 4 is 35.0 Å². The highest BCUT2D eigenvalue weighted by Crippen LogP contribution is 2.13. The van der Waals surface area contributed by atoms with E-state index in [1.54, 1.807) is 48.5 Å². The van der Waals surface area contributed by atoms with Gasteiger partial charge in [-0.3, -0.25) is 19.2 Å². The first-order valence-electron chi connectivity index (χ1n) is 10.3. The van der Waals surface area contributed by atoms with E-state index in [0.717, 1.165) is 0 Å². The maximum Gasteiger partial charge on any atom is 0.251 e. The highest BCUT2D eigenvalue weighted by molar-refractivity contribution is 5.98. The monoisotopic (exact) mass is 424 g/mol. The van der Waals surface area contributed by atoms with Gasteiger partial charge in [-0.2, -0.15) is 0 Å². The fraction of sp³-hybridized carbons (Fsp3) is 0.304. The SMILES string of the molecule is CCNC(=O)c1cccc(NC(=O)CCCC(=O)Nc2cccc(C(=O)NCC)c2)c1. The van der Waals surface area contributed by atoms with E-state index in [9.17, 15) is 19.2 Å². The Bertz CT molecular complexity index is 867. The average Bonchev–Trinajstić information content (AvgIpc) is 2.74. The molecule has 0 aromatic heterocycles. The molecule has 0 saturated heterocycles. The van der Waals surface area contributed by atoms with Gasteiger partial charge in [0.15, 0.2) is 0 Å². The number of rotatable bonds is 10. The summed E-state index contributed by atoms with van der Waals surface area (Å²) in [5, 5.41) is 10.9. The van der Waals surface area contributed by atoms with E-state index in [-0.39, 0.29) is 36.5 Å². The molecular weight excluding hydrogens is 396 g/mol. The Kier molecular flexibility index (Phi) is 9.22. The molecule has 8 heteroatoms. The molecule has 0 unspecified atom stereocenters. The van der Waals surface area contributed by atoms with Crippen LogP contribution in [0.2, 0.25) is 0 Å². The molecule has 4 N–H and O–H groups in total. The lowest BCUT2D eigenvalue weighted by Crippen LogP contribution is -2.23. The van der Waals surface area contributed by atoms with Gasteiger partial charge in [-0.25, -0.2) is 0 Å². The van der Waals surface area contributed by atoms with Crippen molar-refractivity contribution in [3.8, 4) is 0 Å². The van der Waals surface area contributed by atoms with Gasteiger partial charge in [0.2, 0.25) is 11.8 Å². The Morgan fingerprint density at radius 1 is 0.677 bits per heavy atom. The van der Waals surface area contributed by atoms with Crippen molar-refractivity contribution in [2.45, 2.75) is 33.1 Å². The van der Waals surface area contributed by atoms with Crippen LogP contribution in [0.3, 0.4) is 0 Å². The van der Waals surface area contributed by atoms with E-state index in [4.69, 9.17) is 0 Å². The summed E-state index contributed by atoms with van der Waals surface area (Å²) in [5.74, 6) is -0.879. The van der Waals surface area contributed by atoms with Crippen molar-refractivity contribution < 1.29 is 19.2 Å². The molecule has 2 aromatic carbocycles. The van der Waals surface area contributed by atoms with Gasteiger partial charge >= 0.3 is 0 Å². The lowest BCUT2D eigenvalue weighted by atomic mass is 10.1. The summed E-state index contributed by atoms with van der Waals surface area (Å²) < 4.78 is 0. The zero-order valence-electron chi connectivity index (χ0n) is 17.8. The fourth-order valence-electron chi connectivity index (χ4n) is 2.86. The number of hydrogen-bond acceptors (Lipinski definition) is 4. The highest BCUT2D eigenvalue weighted by Gasteiger charge is 2.10. The Labute approximate surface area is 181 Å². The van der Waals surface area contributed by atoms with Crippen LogP contribution in [0.25, 0.3) is 0 Å². The third-order valence-corrected chi connectivity index (χ3v) is 4.30. The van der Waals surface area contributed by atoms with Crippen LogP contribution >= 0.6 is 0 Å². The second-order valence-electron chi connectivity index (χ2n) is 6.83. The molecule has 0 spiro atoms. The third kappa shape index (κ3) is 7.93. The molecule has 164 valence electrons. The number of amides is 4. The molecule has 0 aliphatic rings. The minimum atomic E-state index is -0.237. The summed E-state index contributed by atoms with van der Waals surface area (Å²) in [4.78, 5) is 48.1. The third-order valence-electron chi connectivity index (χ3n) is 4.30. The summed E-state index contributed by atoms with van der Waals surface area (Å²) in [6, 6.07) is 13.4. The Hall–Kier alpha value is -3.68. The van der Waals surface area contributed by atoms with Gasteiger partial charge in [0.05, 0.1) is 0 Å². The van der Waals surface area contributed by atoms with Crippen molar-refractivity contribution in [1.29, 1.82) is 0 Å². The summed E-state index contributed by atoms with van der Waals surface area (Å²) in [6.07, 6.45) is 0.694. The standard InChI is InChI=1S/C23H28N4O4/c1-3-24-22(30)16-8-5-10-18(14-16)26-20(28)12-7-13-21(29)27-19-11-6-9-17(15-19)23(31)25-4-2/h5-6,8-11,14-15H,3-4,7,12-13H2,1-2H3,(H,24,30)(H,25,31)(H,26,28)(H,27,29). The fourth-order valence-corrected chi connectivity index (χ4v) is 2.86. The summed E-state index contributed by atoms with van der Waals surface area (Å²) >= 11 is 0. The Balaban J connectivity index is 1.79. The lowest BCUT2D eigenvalue weighted by molar-refractivity contribution is -0.117. The minimum Gasteiger partial charge on any atom is -0.352 e. The van der Waals surface area contributed by atoms with E-state index in [1.807, 2.05) is 13.8 Å². The van der Waals surface area contributed by atoms with Gasteiger partial charge in [-0.1, -0.05) is 12.1 Å². The normalized spacial score (nSPS) is 10.1. The number of benzene rings is 2. The topological polar surface area (TPSA) is 116 Å². The molecule has 0 aliphatic carbocycles. The molecule has 2 aromatic rings. The molecule has 0 heterocycles. The van der Waals surface area contributed by atoms with Crippen LogP contribution in [0.1, 0.15) is 53.8 Å². The molecule has 0 radical (unpaired) electrons. The first-order valence-corrected chi connectivity index (χ1v) is 10.3. The quantitative estimate of drug-likeness (QED) is 0.469. The predicted molar refractivity (Wildman–Crippen MR) is 120 cm³/mol. The van der Waals surface area contributed by atoms with Gasteiger partial charge in [-0.05, 0) is 56.7 Å². The van der Waals surface area contributed by atoms with Gasteiger partial charge in [0.25, 0.3) is 11.8 Å². The number of carbonyl (C=O) groups excluding carboxylic acids is 4. The number of nitrogens with one attached hydrogen (secondary N) is 4. The molecule has 8 nitrogen and oxygen atoms in total. The molecule has 31 heavy (non-hydrogen) atoms. The van der Waals surface area contributed by atoms with Crippen molar-refractivity contribution in [2.75, 3.05) is 23.7 Å². The largest absolute Gasteiger partial charge is 0.352 e. The molecule has 0 fully saturated rings. The molecule has 2 rings (SSSR count). The second kappa shape index (κ2) is 12.1. The molecule has 0 aliphatic heterocycles. The lowest BCUT2D eigenvalue weighted by Gasteiger charge is -2.09. The highest BCUT2D eigenvalue weighted by atomic mass is 16.2. The maximum atomic E-state index is 12.2. The Morgan fingerprint density at radius 3 is 1.48 bits per heavy atom. The molecule has 4 amide bonds. The van der Waals surface area contributed by atoms with Crippen LogP contribution in [-0.2, 0) is 9.59 Å². The predicted octanol–water partition coefficient (Wildman–Crippen LogP) is 2.93. The second-order valence-corrected chi connectivity index (χ2v) is 6.83. The molecule has 0 saturated carbocycles. The minimum absolute atomic E-state index is 0.164. The summed E-state index contributed by atoms with van der Waals surface area (Å²) in [6.45, 7) is 4.71.